The van der Waals surface area contributed by atoms with E-state index in [9.17, 15) is 9.59 Å². The highest BCUT2D eigenvalue weighted by Crippen LogP contribution is 2.45. The third-order valence-electron chi connectivity index (χ3n) is 4.49. The van der Waals surface area contributed by atoms with Gasteiger partial charge in [-0.2, -0.15) is 0 Å². The maximum absolute atomic E-state index is 11.6. The number of carboxylic acid groups (broad SMARTS) is 1. The lowest BCUT2D eigenvalue weighted by molar-refractivity contribution is -0.143. The first-order valence-corrected chi connectivity index (χ1v) is 7.27. The van der Waals surface area contributed by atoms with Crippen LogP contribution < -0.4 is 10.6 Å². The highest BCUT2D eigenvalue weighted by Gasteiger charge is 2.50. The van der Waals surface area contributed by atoms with Gasteiger partial charge in [-0.1, -0.05) is 19.8 Å². The van der Waals surface area contributed by atoms with Crippen LogP contribution in [-0.2, 0) is 4.79 Å². The van der Waals surface area contributed by atoms with Gasteiger partial charge in [-0.3, -0.25) is 4.79 Å². The van der Waals surface area contributed by atoms with E-state index in [0.717, 1.165) is 5.92 Å². The predicted octanol–water partition coefficient (Wildman–Crippen LogP) is 1.98. The van der Waals surface area contributed by atoms with Crippen LogP contribution in [0.3, 0.4) is 0 Å². The van der Waals surface area contributed by atoms with Crippen molar-refractivity contribution < 1.29 is 14.7 Å². The Hall–Kier alpha value is -1.26. The van der Waals surface area contributed by atoms with E-state index in [-0.39, 0.29) is 12.6 Å². The summed E-state index contributed by atoms with van der Waals surface area (Å²) in [5, 5.41) is 14.6. The fraction of sp³-hybridized carbons (Fsp3) is 0.857. The molecule has 0 saturated heterocycles. The molecule has 0 aromatic carbocycles. The fourth-order valence-electron chi connectivity index (χ4n) is 2.91. The van der Waals surface area contributed by atoms with Gasteiger partial charge in [0.25, 0.3) is 0 Å². The van der Waals surface area contributed by atoms with Crippen LogP contribution in [0.5, 0.6) is 0 Å². The zero-order chi connectivity index (χ0) is 13.9. The molecule has 19 heavy (non-hydrogen) atoms. The van der Waals surface area contributed by atoms with Gasteiger partial charge in [0.2, 0.25) is 0 Å². The summed E-state index contributed by atoms with van der Waals surface area (Å²) < 4.78 is 0. The Bertz CT molecular complexity index is 353. The molecule has 3 N–H and O–H groups in total. The van der Waals surface area contributed by atoms with E-state index in [1.54, 1.807) is 0 Å². The summed E-state index contributed by atoms with van der Waals surface area (Å²) in [6.07, 6.45) is 6.25. The molecule has 0 spiro atoms. The first-order chi connectivity index (χ1) is 9.02. The van der Waals surface area contributed by atoms with Gasteiger partial charge in [-0.15, -0.1) is 0 Å². The third kappa shape index (κ3) is 3.85. The van der Waals surface area contributed by atoms with Gasteiger partial charge in [0.05, 0.1) is 5.41 Å². The van der Waals surface area contributed by atoms with E-state index in [1.807, 2.05) is 0 Å². The number of aliphatic carboxylic acids is 1. The number of carboxylic acids is 1. The van der Waals surface area contributed by atoms with Crippen molar-refractivity contribution in [2.45, 2.75) is 45.4 Å². The maximum atomic E-state index is 11.6. The molecule has 2 unspecified atom stereocenters. The van der Waals surface area contributed by atoms with Gasteiger partial charge in [0.1, 0.15) is 0 Å². The average Bonchev–Trinajstić information content (AvgIpc) is 3.15. The molecule has 2 amide bonds. The van der Waals surface area contributed by atoms with E-state index in [1.165, 1.54) is 25.7 Å². The molecule has 2 aliphatic carbocycles. The van der Waals surface area contributed by atoms with E-state index in [2.05, 4.69) is 17.6 Å². The summed E-state index contributed by atoms with van der Waals surface area (Å²) in [4.78, 5) is 22.6. The molecule has 2 fully saturated rings. The van der Waals surface area contributed by atoms with Crippen molar-refractivity contribution in [3.05, 3.63) is 0 Å². The van der Waals surface area contributed by atoms with Gasteiger partial charge in [0, 0.05) is 13.1 Å². The zero-order valence-electron chi connectivity index (χ0n) is 11.6. The average molecular weight is 268 g/mol. The molecule has 5 nitrogen and oxygen atoms in total. The Morgan fingerprint density at radius 2 is 2.00 bits per heavy atom. The number of urea groups is 1. The van der Waals surface area contributed by atoms with Crippen LogP contribution in [-0.4, -0.2) is 30.2 Å². The number of carbonyl (C=O) groups is 2. The molecule has 5 heteroatoms. The normalized spacial score (nSPS) is 28.5. The molecule has 108 valence electrons. The summed E-state index contributed by atoms with van der Waals surface area (Å²) in [6, 6.07) is -0.231. The van der Waals surface area contributed by atoms with Crippen LogP contribution in [0.25, 0.3) is 0 Å². The van der Waals surface area contributed by atoms with Gasteiger partial charge in [-0.25, -0.2) is 4.79 Å². The van der Waals surface area contributed by atoms with E-state index in [0.29, 0.717) is 25.3 Å². The first kappa shape index (κ1) is 14.2. The minimum absolute atomic E-state index is 0.231. The number of nitrogens with one attached hydrogen (secondary N) is 2. The van der Waals surface area contributed by atoms with Gasteiger partial charge in [-0.05, 0) is 37.5 Å². The summed E-state index contributed by atoms with van der Waals surface area (Å²) >= 11 is 0. The van der Waals surface area contributed by atoms with Crippen molar-refractivity contribution in [1.82, 2.24) is 10.6 Å². The Morgan fingerprint density at radius 1 is 1.26 bits per heavy atom. The van der Waals surface area contributed by atoms with Crippen molar-refractivity contribution in [1.29, 1.82) is 0 Å². The van der Waals surface area contributed by atoms with Crippen LogP contribution in [0.4, 0.5) is 4.79 Å². The number of carbonyl (C=O) groups excluding carboxylic acids is 1. The highest BCUT2D eigenvalue weighted by molar-refractivity contribution is 5.80. The van der Waals surface area contributed by atoms with Crippen molar-refractivity contribution in [3.8, 4) is 0 Å². The van der Waals surface area contributed by atoms with Gasteiger partial charge < -0.3 is 15.7 Å². The molecule has 2 aliphatic rings. The Labute approximate surface area is 114 Å². The molecular weight excluding hydrogens is 244 g/mol. The standard InChI is InChI=1S/C14H24N2O3/c1-10-3-2-4-11(7-10)8-15-13(19)16-9-14(5-6-14)12(17)18/h10-11H,2-9H2,1H3,(H,17,18)(H2,15,16,19). The molecule has 0 heterocycles. The maximum Gasteiger partial charge on any atom is 0.314 e. The highest BCUT2D eigenvalue weighted by atomic mass is 16.4. The molecule has 0 aromatic heterocycles. The Kier molecular flexibility index (Phi) is 4.32. The summed E-state index contributed by atoms with van der Waals surface area (Å²) in [5.74, 6) is 0.531. The second-order valence-corrected chi connectivity index (χ2v) is 6.29. The number of hydrogen-bond donors (Lipinski definition) is 3. The second kappa shape index (κ2) is 5.80. The van der Waals surface area contributed by atoms with E-state index >= 15 is 0 Å². The summed E-state index contributed by atoms with van der Waals surface area (Å²) in [5.41, 5.74) is -0.684. The molecule has 0 bridgehead atoms. The van der Waals surface area contributed by atoms with Crippen molar-refractivity contribution in [3.63, 3.8) is 0 Å². The van der Waals surface area contributed by atoms with E-state index < -0.39 is 11.4 Å². The molecule has 2 atom stereocenters. The zero-order valence-corrected chi connectivity index (χ0v) is 11.6. The quantitative estimate of drug-likeness (QED) is 0.713. The molecule has 0 aliphatic heterocycles. The first-order valence-electron chi connectivity index (χ1n) is 7.27. The number of amides is 2. The molecule has 2 rings (SSSR count). The lowest BCUT2D eigenvalue weighted by Crippen LogP contribution is -2.42. The summed E-state index contributed by atoms with van der Waals surface area (Å²) in [6.45, 7) is 3.21. The minimum Gasteiger partial charge on any atom is -0.481 e. The van der Waals surface area contributed by atoms with E-state index in [4.69, 9.17) is 5.11 Å². The van der Waals surface area contributed by atoms with Crippen LogP contribution >= 0.6 is 0 Å². The second-order valence-electron chi connectivity index (χ2n) is 6.29. The third-order valence-corrected chi connectivity index (χ3v) is 4.49. The molecule has 2 saturated carbocycles. The SMILES string of the molecule is CC1CCCC(CNC(=O)NCC2(C(=O)O)CC2)C1. The molecule has 0 radical (unpaired) electrons. The lowest BCUT2D eigenvalue weighted by Gasteiger charge is -2.26. The largest absolute Gasteiger partial charge is 0.481 e. The smallest absolute Gasteiger partial charge is 0.314 e. The molecule has 0 aromatic rings. The van der Waals surface area contributed by atoms with Crippen LogP contribution in [0.2, 0.25) is 0 Å². The van der Waals surface area contributed by atoms with Crippen molar-refractivity contribution in [2.75, 3.05) is 13.1 Å². The van der Waals surface area contributed by atoms with Crippen LogP contribution in [0, 0.1) is 17.3 Å². The van der Waals surface area contributed by atoms with Crippen molar-refractivity contribution >= 4 is 12.0 Å². The van der Waals surface area contributed by atoms with Crippen LogP contribution in [0.1, 0.15) is 45.4 Å². The summed E-state index contributed by atoms with van der Waals surface area (Å²) in [7, 11) is 0. The monoisotopic (exact) mass is 268 g/mol. The lowest BCUT2D eigenvalue weighted by atomic mass is 9.82. The number of hydrogen-bond acceptors (Lipinski definition) is 2. The van der Waals surface area contributed by atoms with Gasteiger partial charge in [0.15, 0.2) is 0 Å². The van der Waals surface area contributed by atoms with Crippen LogP contribution in [0.15, 0.2) is 0 Å². The van der Waals surface area contributed by atoms with Gasteiger partial charge >= 0.3 is 12.0 Å². The topological polar surface area (TPSA) is 78.4 Å². The minimum atomic E-state index is -0.797. The Morgan fingerprint density at radius 3 is 2.58 bits per heavy atom. The Balaban J connectivity index is 1.63. The predicted molar refractivity (Wildman–Crippen MR) is 71.8 cm³/mol. The molecular formula is C14H24N2O3. The number of rotatable bonds is 5. The van der Waals surface area contributed by atoms with Crippen molar-refractivity contribution in [2.24, 2.45) is 17.3 Å². The fourth-order valence-corrected chi connectivity index (χ4v) is 2.91.